The zero-order valence-corrected chi connectivity index (χ0v) is 21.3. The predicted octanol–water partition coefficient (Wildman–Crippen LogP) is 4.88. The Hall–Kier alpha value is -3.03. The molecule has 0 bridgehead atoms. The van der Waals surface area contributed by atoms with Crippen LogP contribution in [0.2, 0.25) is 5.02 Å². The summed E-state index contributed by atoms with van der Waals surface area (Å²) in [5.74, 6) is 0.575. The summed E-state index contributed by atoms with van der Waals surface area (Å²) in [6, 6.07) is 21.4. The van der Waals surface area contributed by atoms with E-state index in [1.54, 1.807) is 37.3 Å². The van der Waals surface area contributed by atoms with Crippen molar-refractivity contribution in [2.75, 3.05) is 20.8 Å². The Balaban J connectivity index is 1.89. The average molecular weight is 546 g/mol. The number of likely N-dealkylation sites (N-methyl/N-ethyl adjacent to an activating group) is 1. The van der Waals surface area contributed by atoms with Gasteiger partial charge >= 0.3 is 0 Å². The van der Waals surface area contributed by atoms with Crippen LogP contribution in [-0.2, 0) is 22.6 Å². The van der Waals surface area contributed by atoms with Crippen molar-refractivity contribution >= 4 is 39.3 Å². The highest BCUT2D eigenvalue weighted by atomic mass is 79.9. The monoisotopic (exact) mass is 544 g/mol. The third-order valence-electron chi connectivity index (χ3n) is 5.25. The number of carbonyl (C=O) groups excluding carboxylic acids is 2. The molecule has 0 unspecified atom stereocenters. The van der Waals surface area contributed by atoms with Crippen LogP contribution < -0.4 is 14.8 Å². The fraction of sp³-hybridized carbons (Fsp3) is 0.231. The van der Waals surface area contributed by atoms with Gasteiger partial charge in [-0.2, -0.15) is 0 Å². The molecule has 34 heavy (non-hydrogen) atoms. The van der Waals surface area contributed by atoms with Gasteiger partial charge in [-0.15, -0.1) is 0 Å². The third kappa shape index (κ3) is 6.98. The Morgan fingerprint density at radius 1 is 1.03 bits per heavy atom. The van der Waals surface area contributed by atoms with Gasteiger partial charge in [0.2, 0.25) is 5.91 Å². The summed E-state index contributed by atoms with van der Waals surface area (Å²) in [5.41, 5.74) is 1.78. The molecule has 8 heteroatoms. The summed E-state index contributed by atoms with van der Waals surface area (Å²) in [5, 5.41) is 3.25. The van der Waals surface area contributed by atoms with E-state index in [1.165, 1.54) is 0 Å². The van der Waals surface area contributed by atoms with E-state index in [1.807, 2.05) is 54.6 Å². The summed E-state index contributed by atoms with van der Waals surface area (Å²) in [6.07, 6.45) is 0.362. The molecule has 0 aliphatic heterocycles. The standard InChI is InChI=1S/C26H26BrClN2O4/c1-29-26(32)23(14-18-7-4-3-5-8-18)30(16-19-9-6-10-21(13-19)33-2)25(31)17-34-24-12-11-20(28)15-22(24)27/h3-13,15,23H,14,16-17H2,1-2H3,(H,29,32)/t23-/m0/s1. The van der Waals surface area contributed by atoms with E-state index < -0.39 is 6.04 Å². The van der Waals surface area contributed by atoms with Crippen LogP contribution in [0.3, 0.4) is 0 Å². The fourth-order valence-electron chi connectivity index (χ4n) is 3.50. The van der Waals surface area contributed by atoms with Crippen LogP contribution in [0.1, 0.15) is 11.1 Å². The molecule has 0 saturated carbocycles. The summed E-state index contributed by atoms with van der Waals surface area (Å²) in [4.78, 5) is 27.9. The molecule has 6 nitrogen and oxygen atoms in total. The number of nitrogens with one attached hydrogen (secondary N) is 1. The van der Waals surface area contributed by atoms with Gasteiger partial charge < -0.3 is 19.7 Å². The maximum absolute atomic E-state index is 13.5. The van der Waals surface area contributed by atoms with E-state index in [9.17, 15) is 9.59 Å². The minimum absolute atomic E-state index is 0.214. The maximum Gasteiger partial charge on any atom is 0.261 e. The number of rotatable bonds is 10. The zero-order valence-electron chi connectivity index (χ0n) is 19.0. The molecule has 0 saturated heterocycles. The van der Waals surface area contributed by atoms with Crippen LogP contribution in [-0.4, -0.2) is 43.5 Å². The van der Waals surface area contributed by atoms with E-state index in [-0.39, 0.29) is 25.0 Å². The normalized spacial score (nSPS) is 11.4. The van der Waals surface area contributed by atoms with Crippen molar-refractivity contribution in [2.45, 2.75) is 19.0 Å². The molecule has 2 amide bonds. The smallest absolute Gasteiger partial charge is 0.261 e. The van der Waals surface area contributed by atoms with E-state index in [0.717, 1.165) is 11.1 Å². The lowest BCUT2D eigenvalue weighted by Crippen LogP contribution is -2.51. The topological polar surface area (TPSA) is 67.9 Å². The van der Waals surface area contributed by atoms with Crippen molar-refractivity contribution in [3.05, 3.63) is 93.4 Å². The molecule has 3 aromatic rings. The summed E-state index contributed by atoms with van der Waals surface area (Å²) < 4.78 is 11.7. The molecular weight excluding hydrogens is 520 g/mol. The van der Waals surface area contributed by atoms with Crippen LogP contribution >= 0.6 is 27.5 Å². The zero-order chi connectivity index (χ0) is 24.5. The minimum atomic E-state index is -0.733. The number of nitrogens with zero attached hydrogens (tertiary/aromatic N) is 1. The van der Waals surface area contributed by atoms with Gasteiger partial charge in [0.05, 0.1) is 11.6 Å². The third-order valence-corrected chi connectivity index (χ3v) is 6.10. The number of amides is 2. The lowest BCUT2D eigenvalue weighted by molar-refractivity contribution is -0.142. The van der Waals surface area contributed by atoms with Gasteiger partial charge in [0, 0.05) is 25.0 Å². The van der Waals surface area contributed by atoms with Crippen LogP contribution in [0.25, 0.3) is 0 Å². The molecule has 0 fully saturated rings. The lowest BCUT2D eigenvalue weighted by atomic mass is 10.0. The molecule has 0 aromatic heterocycles. The number of benzene rings is 3. The SMILES string of the molecule is CNC(=O)[C@H](Cc1ccccc1)N(Cc1cccc(OC)c1)C(=O)COc1ccc(Cl)cc1Br. The van der Waals surface area contributed by atoms with Gasteiger partial charge in [0.1, 0.15) is 17.5 Å². The average Bonchev–Trinajstić information content (AvgIpc) is 2.85. The molecule has 0 aliphatic rings. The Kier molecular flexibility index (Phi) is 9.36. The van der Waals surface area contributed by atoms with Gasteiger partial charge in [-0.25, -0.2) is 0 Å². The molecule has 178 valence electrons. The van der Waals surface area contributed by atoms with E-state index in [2.05, 4.69) is 21.2 Å². The second kappa shape index (κ2) is 12.4. The highest BCUT2D eigenvalue weighted by molar-refractivity contribution is 9.10. The first-order valence-corrected chi connectivity index (χ1v) is 11.8. The maximum atomic E-state index is 13.5. The highest BCUT2D eigenvalue weighted by Gasteiger charge is 2.30. The number of halogens is 2. The molecule has 0 spiro atoms. The van der Waals surface area contributed by atoms with Gasteiger partial charge in [-0.1, -0.05) is 54.1 Å². The van der Waals surface area contributed by atoms with E-state index in [4.69, 9.17) is 21.1 Å². The highest BCUT2D eigenvalue weighted by Crippen LogP contribution is 2.28. The van der Waals surface area contributed by atoms with Crippen molar-refractivity contribution in [1.29, 1.82) is 0 Å². The van der Waals surface area contributed by atoms with E-state index in [0.29, 0.717) is 27.4 Å². The van der Waals surface area contributed by atoms with Gasteiger partial charge in [-0.3, -0.25) is 9.59 Å². The van der Waals surface area contributed by atoms with Crippen molar-refractivity contribution < 1.29 is 19.1 Å². The second-order valence-electron chi connectivity index (χ2n) is 7.56. The predicted molar refractivity (Wildman–Crippen MR) is 136 cm³/mol. The Morgan fingerprint density at radius 3 is 2.44 bits per heavy atom. The molecule has 3 rings (SSSR count). The quantitative estimate of drug-likeness (QED) is 0.394. The van der Waals surface area contributed by atoms with Crippen LogP contribution in [0, 0.1) is 0 Å². The molecule has 1 atom stereocenters. The van der Waals surface area contributed by atoms with Gasteiger partial charge in [0.25, 0.3) is 5.91 Å². The Morgan fingerprint density at radius 2 is 1.76 bits per heavy atom. The van der Waals surface area contributed by atoms with Crippen LogP contribution in [0.5, 0.6) is 11.5 Å². The molecule has 1 N–H and O–H groups in total. The first kappa shape index (κ1) is 25.6. The summed E-state index contributed by atoms with van der Waals surface area (Å²) in [6.45, 7) is -0.0292. The molecular formula is C26H26BrClN2O4. The minimum Gasteiger partial charge on any atom is -0.497 e. The molecule has 0 heterocycles. The Bertz CT molecular complexity index is 1130. The fourth-order valence-corrected chi connectivity index (χ4v) is 4.30. The van der Waals surface area contributed by atoms with Crippen LogP contribution in [0.15, 0.2) is 77.3 Å². The van der Waals surface area contributed by atoms with Crippen molar-refractivity contribution in [3.63, 3.8) is 0 Å². The van der Waals surface area contributed by atoms with Crippen molar-refractivity contribution in [3.8, 4) is 11.5 Å². The largest absolute Gasteiger partial charge is 0.497 e. The van der Waals surface area contributed by atoms with Crippen molar-refractivity contribution in [1.82, 2.24) is 10.2 Å². The first-order chi connectivity index (χ1) is 16.4. The van der Waals surface area contributed by atoms with Crippen molar-refractivity contribution in [2.24, 2.45) is 0 Å². The first-order valence-electron chi connectivity index (χ1n) is 10.7. The molecule has 0 radical (unpaired) electrons. The van der Waals surface area contributed by atoms with E-state index >= 15 is 0 Å². The number of hydrogen-bond donors (Lipinski definition) is 1. The number of hydrogen-bond acceptors (Lipinski definition) is 4. The van der Waals surface area contributed by atoms with Gasteiger partial charge in [-0.05, 0) is 57.4 Å². The van der Waals surface area contributed by atoms with Crippen LogP contribution in [0.4, 0.5) is 0 Å². The summed E-state index contributed by atoms with van der Waals surface area (Å²) >= 11 is 9.40. The lowest BCUT2D eigenvalue weighted by Gasteiger charge is -2.31. The number of carbonyl (C=O) groups is 2. The Labute approximate surface area is 212 Å². The van der Waals surface area contributed by atoms with Gasteiger partial charge in [0.15, 0.2) is 6.61 Å². The molecule has 3 aromatic carbocycles. The summed E-state index contributed by atoms with van der Waals surface area (Å²) in [7, 11) is 3.15. The number of methoxy groups -OCH3 is 1. The number of ether oxygens (including phenoxy) is 2. The molecule has 0 aliphatic carbocycles. The second-order valence-corrected chi connectivity index (χ2v) is 8.85.